The number of rotatable bonds is 7. The molecule has 0 radical (unpaired) electrons. The van der Waals surface area contributed by atoms with Crippen LogP contribution in [0.3, 0.4) is 0 Å². The maximum atomic E-state index is 5.63. The zero-order chi connectivity index (χ0) is 14.4. The summed E-state index contributed by atoms with van der Waals surface area (Å²) in [6, 6.07) is 6.80. The lowest BCUT2D eigenvalue weighted by Gasteiger charge is -2.32. The lowest BCUT2D eigenvalue weighted by molar-refractivity contribution is -0.138. The van der Waals surface area contributed by atoms with Gasteiger partial charge in [0.2, 0.25) is 0 Å². The van der Waals surface area contributed by atoms with Gasteiger partial charge in [0.1, 0.15) is 0 Å². The van der Waals surface area contributed by atoms with Gasteiger partial charge in [-0.1, -0.05) is 17.7 Å². The van der Waals surface area contributed by atoms with Gasteiger partial charge in [0.15, 0.2) is 6.29 Å². The van der Waals surface area contributed by atoms with E-state index in [0.717, 1.165) is 19.5 Å². The van der Waals surface area contributed by atoms with Crippen LogP contribution in [-0.2, 0) is 15.9 Å². The van der Waals surface area contributed by atoms with Gasteiger partial charge < -0.3 is 14.4 Å². The van der Waals surface area contributed by atoms with Crippen LogP contribution >= 0.6 is 0 Å². The topological polar surface area (TPSA) is 21.7 Å². The summed E-state index contributed by atoms with van der Waals surface area (Å²) in [6.45, 7) is 9.76. The normalized spacial score (nSPS) is 14.7. The predicted octanol–water partition coefficient (Wildman–Crippen LogP) is 3.54. The molecule has 1 aliphatic rings. The van der Waals surface area contributed by atoms with Crippen LogP contribution in [0.2, 0.25) is 0 Å². The first kappa shape index (κ1) is 15.3. The van der Waals surface area contributed by atoms with Gasteiger partial charge in [-0.2, -0.15) is 0 Å². The van der Waals surface area contributed by atoms with Crippen molar-refractivity contribution >= 4 is 5.69 Å². The molecule has 0 saturated carbocycles. The SMILES string of the molecule is CCOC(CCN1CCCc2cc(C)ccc21)OCC. The molecule has 0 aromatic heterocycles. The molecule has 0 saturated heterocycles. The largest absolute Gasteiger partial charge is 0.371 e. The molecule has 2 rings (SSSR count). The molecule has 1 aromatic carbocycles. The molecule has 0 N–H and O–H groups in total. The smallest absolute Gasteiger partial charge is 0.159 e. The second kappa shape index (κ2) is 7.65. The van der Waals surface area contributed by atoms with Crippen molar-refractivity contribution in [2.24, 2.45) is 0 Å². The zero-order valence-corrected chi connectivity index (χ0v) is 13.0. The molecule has 20 heavy (non-hydrogen) atoms. The van der Waals surface area contributed by atoms with Gasteiger partial charge in [-0.05, 0) is 45.2 Å². The predicted molar refractivity (Wildman–Crippen MR) is 83.4 cm³/mol. The van der Waals surface area contributed by atoms with Crippen molar-refractivity contribution in [1.29, 1.82) is 0 Å². The summed E-state index contributed by atoms with van der Waals surface area (Å²) in [7, 11) is 0. The summed E-state index contributed by atoms with van der Waals surface area (Å²) in [6.07, 6.45) is 3.30. The van der Waals surface area contributed by atoms with Crippen LogP contribution in [0.25, 0.3) is 0 Å². The lowest BCUT2D eigenvalue weighted by Crippen LogP contribution is -2.33. The van der Waals surface area contributed by atoms with E-state index in [4.69, 9.17) is 9.47 Å². The van der Waals surface area contributed by atoms with Crippen LogP contribution in [-0.4, -0.2) is 32.6 Å². The fraction of sp³-hybridized carbons (Fsp3) is 0.647. The number of anilines is 1. The van der Waals surface area contributed by atoms with E-state index in [1.807, 2.05) is 13.8 Å². The van der Waals surface area contributed by atoms with Gasteiger partial charge in [-0.25, -0.2) is 0 Å². The van der Waals surface area contributed by atoms with Crippen molar-refractivity contribution in [3.05, 3.63) is 29.3 Å². The summed E-state index contributed by atoms with van der Waals surface area (Å²) >= 11 is 0. The van der Waals surface area contributed by atoms with E-state index in [1.165, 1.54) is 29.7 Å². The standard InChI is InChI=1S/C17H27NO2/c1-4-19-17(20-5-2)10-12-18-11-6-7-15-13-14(3)8-9-16(15)18/h8-9,13,17H,4-7,10-12H2,1-3H3. The maximum absolute atomic E-state index is 5.63. The molecule has 1 heterocycles. The van der Waals surface area contributed by atoms with Crippen molar-refractivity contribution in [1.82, 2.24) is 0 Å². The molecule has 0 spiro atoms. The van der Waals surface area contributed by atoms with Crippen LogP contribution in [0.5, 0.6) is 0 Å². The number of fused-ring (bicyclic) bond motifs is 1. The van der Waals surface area contributed by atoms with Crippen molar-refractivity contribution in [3.8, 4) is 0 Å². The Morgan fingerprint density at radius 2 is 1.95 bits per heavy atom. The third-order valence-electron chi connectivity index (χ3n) is 3.79. The average Bonchev–Trinajstić information content (AvgIpc) is 2.44. The number of ether oxygens (including phenoxy) is 2. The first-order chi connectivity index (χ1) is 9.74. The Morgan fingerprint density at radius 3 is 2.65 bits per heavy atom. The van der Waals surface area contributed by atoms with Gasteiger partial charge in [-0.15, -0.1) is 0 Å². The van der Waals surface area contributed by atoms with Crippen LogP contribution in [0, 0.1) is 6.92 Å². The minimum atomic E-state index is -0.0687. The van der Waals surface area contributed by atoms with E-state index in [9.17, 15) is 0 Å². The molecule has 112 valence electrons. The van der Waals surface area contributed by atoms with E-state index >= 15 is 0 Å². The van der Waals surface area contributed by atoms with Gasteiger partial charge in [-0.3, -0.25) is 0 Å². The van der Waals surface area contributed by atoms with Gasteiger partial charge in [0.25, 0.3) is 0 Å². The number of hydrogen-bond donors (Lipinski definition) is 0. The first-order valence-corrected chi connectivity index (χ1v) is 7.82. The molecule has 0 amide bonds. The number of benzene rings is 1. The molecule has 3 heteroatoms. The van der Waals surface area contributed by atoms with Gasteiger partial charge in [0, 0.05) is 38.4 Å². The Bertz CT molecular complexity index is 413. The molecule has 0 atom stereocenters. The summed E-state index contributed by atoms with van der Waals surface area (Å²) in [5, 5.41) is 0. The second-order valence-electron chi connectivity index (χ2n) is 5.35. The van der Waals surface area contributed by atoms with Crippen molar-refractivity contribution < 1.29 is 9.47 Å². The fourth-order valence-corrected chi connectivity index (χ4v) is 2.88. The van der Waals surface area contributed by atoms with E-state index in [0.29, 0.717) is 13.2 Å². The van der Waals surface area contributed by atoms with Crippen molar-refractivity contribution in [2.75, 3.05) is 31.2 Å². The number of hydrogen-bond acceptors (Lipinski definition) is 3. The highest BCUT2D eigenvalue weighted by molar-refractivity contribution is 5.56. The van der Waals surface area contributed by atoms with Crippen molar-refractivity contribution in [2.45, 2.75) is 46.3 Å². The van der Waals surface area contributed by atoms with E-state index in [-0.39, 0.29) is 6.29 Å². The first-order valence-electron chi connectivity index (χ1n) is 7.82. The summed E-state index contributed by atoms with van der Waals surface area (Å²) in [4.78, 5) is 2.48. The Kier molecular flexibility index (Phi) is 5.86. The third-order valence-corrected chi connectivity index (χ3v) is 3.79. The van der Waals surface area contributed by atoms with Crippen molar-refractivity contribution in [3.63, 3.8) is 0 Å². The minimum Gasteiger partial charge on any atom is -0.371 e. The molecule has 0 unspecified atom stereocenters. The number of nitrogens with zero attached hydrogens (tertiary/aromatic N) is 1. The summed E-state index contributed by atoms with van der Waals surface area (Å²) < 4.78 is 11.3. The van der Waals surface area contributed by atoms with Gasteiger partial charge in [0.05, 0.1) is 0 Å². The second-order valence-corrected chi connectivity index (χ2v) is 5.35. The van der Waals surface area contributed by atoms with Gasteiger partial charge >= 0.3 is 0 Å². The minimum absolute atomic E-state index is 0.0687. The summed E-state index contributed by atoms with van der Waals surface area (Å²) in [5.74, 6) is 0. The molecule has 1 aliphatic heterocycles. The van der Waals surface area contributed by atoms with Crippen LogP contribution in [0.4, 0.5) is 5.69 Å². The van der Waals surface area contributed by atoms with Crippen LogP contribution in [0.1, 0.15) is 37.8 Å². The molecular formula is C17H27NO2. The molecular weight excluding hydrogens is 250 g/mol. The number of aryl methyl sites for hydroxylation is 2. The Morgan fingerprint density at radius 1 is 1.20 bits per heavy atom. The Balaban J connectivity index is 1.97. The highest BCUT2D eigenvalue weighted by Crippen LogP contribution is 2.28. The van der Waals surface area contributed by atoms with E-state index in [1.54, 1.807) is 0 Å². The summed E-state index contributed by atoms with van der Waals surface area (Å²) in [5.41, 5.74) is 4.24. The highest BCUT2D eigenvalue weighted by Gasteiger charge is 2.18. The fourth-order valence-electron chi connectivity index (χ4n) is 2.88. The molecule has 3 nitrogen and oxygen atoms in total. The maximum Gasteiger partial charge on any atom is 0.159 e. The van der Waals surface area contributed by atoms with Crippen LogP contribution < -0.4 is 4.90 Å². The van der Waals surface area contributed by atoms with E-state index in [2.05, 4.69) is 30.0 Å². The Hall–Kier alpha value is -1.06. The van der Waals surface area contributed by atoms with E-state index < -0.39 is 0 Å². The van der Waals surface area contributed by atoms with Crippen LogP contribution in [0.15, 0.2) is 18.2 Å². The molecule has 0 aliphatic carbocycles. The zero-order valence-electron chi connectivity index (χ0n) is 13.0. The lowest BCUT2D eigenvalue weighted by atomic mass is 9.99. The monoisotopic (exact) mass is 277 g/mol. The highest BCUT2D eigenvalue weighted by atomic mass is 16.7. The molecule has 0 fully saturated rings. The quantitative estimate of drug-likeness (QED) is 0.712. The average molecular weight is 277 g/mol. The molecule has 0 bridgehead atoms. The molecule has 1 aromatic rings. The Labute approximate surface area is 122 Å². The third kappa shape index (κ3) is 3.97.